The summed E-state index contributed by atoms with van der Waals surface area (Å²) in [5.74, 6) is 0.911. The fraction of sp³-hybridized carbons (Fsp3) is 0.647. The summed E-state index contributed by atoms with van der Waals surface area (Å²) in [5, 5.41) is 3.41. The zero-order valence-corrected chi connectivity index (χ0v) is 14.0. The fourth-order valence-corrected chi connectivity index (χ4v) is 2.33. The number of rotatable bonds is 6. The van der Waals surface area contributed by atoms with E-state index >= 15 is 0 Å². The lowest BCUT2D eigenvalue weighted by Gasteiger charge is -2.37. The summed E-state index contributed by atoms with van der Waals surface area (Å²) in [6.45, 7) is 10.1. The summed E-state index contributed by atoms with van der Waals surface area (Å²) >= 11 is 0. The van der Waals surface area contributed by atoms with Crippen molar-refractivity contribution in [2.75, 3.05) is 27.7 Å². The highest BCUT2D eigenvalue weighted by Gasteiger charge is 2.25. The van der Waals surface area contributed by atoms with Crippen LogP contribution in [-0.4, -0.2) is 38.7 Å². The third-order valence-corrected chi connectivity index (χ3v) is 4.23. The molecule has 1 rings (SSSR count). The molecule has 0 saturated heterocycles. The zero-order chi connectivity index (χ0) is 15.3. The Morgan fingerprint density at radius 1 is 1.30 bits per heavy atom. The molecule has 0 aliphatic rings. The van der Waals surface area contributed by atoms with Crippen LogP contribution in [0.4, 0.5) is 0 Å². The lowest BCUT2D eigenvalue weighted by atomic mass is 9.87. The highest BCUT2D eigenvalue weighted by molar-refractivity contribution is 5.30. The first kappa shape index (κ1) is 17.0. The molecule has 1 aromatic carbocycles. The van der Waals surface area contributed by atoms with Gasteiger partial charge in [0.1, 0.15) is 5.75 Å². The van der Waals surface area contributed by atoms with Crippen LogP contribution in [0, 0.1) is 5.41 Å². The molecule has 0 spiro atoms. The largest absolute Gasteiger partial charge is 0.497 e. The van der Waals surface area contributed by atoms with E-state index in [1.54, 1.807) is 7.11 Å². The van der Waals surface area contributed by atoms with Crippen LogP contribution in [0.5, 0.6) is 5.75 Å². The van der Waals surface area contributed by atoms with Crippen LogP contribution < -0.4 is 10.1 Å². The van der Waals surface area contributed by atoms with Gasteiger partial charge in [-0.25, -0.2) is 0 Å². The van der Waals surface area contributed by atoms with Gasteiger partial charge in [-0.15, -0.1) is 0 Å². The summed E-state index contributed by atoms with van der Waals surface area (Å²) in [6.07, 6.45) is 0. The van der Waals surface area contributed by atoms with Crippen molar-refractivity contribution < 1.29 is 4.74 Å². The van der Waals surface area contributed by atoms with Crippen LogP contribution in [-0.2, 0) is 0 Å². The maximum Gasteiger partial charge on any atom is 0.119 e. The van der Waals surface area contributed by atoms with Crippen molar-refractivity contribution in [3.05, 3.63) is 29.8 Å². The van der Waals surface area contributed by atoms with Crippen LogP contribution >= 0.6 is 0 Å². The second kappa shape index (κ2) is 7.09. The van der Waals surface area contributed by atoms with Crippen molar-refractivity contribution in [3.63, 3.8) is 0 Å². The number of benzene rings is 1. The molecule has 2 unspecified atom stereocenters. The molecule has 0 aliphatic heterocycles. The number of ether oxygens (including phenoxy) is 1. The highest BCUT2D eigenvalue weighted by Crippen LogP contribution is 2.25. The summed E-state index contributed by atoms with van der Waals surface area (Å²) in [4.78, 5) is 2.42. The van der Waals surface area contributed by atoms with Gasteiger partial charge in [-0.05, 0) is 44.1 Å². The lowest BCUT2D eigenvalue weighted by molar-refractivity contribution is 0.130. The molecule has 3 heteroatoms. The maximum absolute atomic E-state index is 5.31. The number of likely N-dealkylation sites (N-methyl/N-ethyl adjacent to an activating group) is 2. The predicted molar refractivity (Wildman–Crippen MR) is 86.3 cm³/mol. The smallest absolute Gasteiger partial charge is 0.119 e. The monoisotopic (exact) mass is 278 g/mol. The van der Waals surface area contributed by atoms with Gasteiger partial charge >= 0.3 is 0 Å². The minimum atomic E-state index is 0.279. The van der Waals surface area contributed by atoms with Gasteiger partial charge in [0.05, 0.1) is 7.11 Å². The molecule has 0 aliphatic carbocycles. The van der Waals surface area contributed by atoms with Crippen molar-refractivity contribution in [3.8, 4) is 5.75 Å². The molecule has 20 heavy (non-hydrogen) atoms. The number of hydrogen-bond donors (Lipinski definition) is 1. The Kier molecular flexibility index (Phi) is 6.03. The molecule has 0 heterocycles. The predicted octanol–water partition coefficient (Wildman–Crippen LogP) is 3.32. The minimum absolute atomic E-state index is 0.279. The van der Waals surface area contributed by atoms with Gasteiger partial charge in [-0.3, -0.25) is 0 Å². The van der Waals surface area contributed by atoms with Crippen LogP contribution in [0.25, 0.3) is 0 Å². The van der Waals surface area contributed by atoms with Crippen LogP contribution in [0.15, 0.2) is 24.3 Å². The van der Waals surface area contributed by atoms with Crippen LogP contribution in [0.1, 0.15) is 39.3 Å². The molecule has 1 aromatic rings. The Morgan fingerprint density at radius 3 is 2.45 bits per heavy atom. The van der Waals surface area contributed by atoms with Gasteiger partial charge < -0.3 is 15.0 Å². The van der Waals surface area contributed by atoms with Crippen molar-refractivity contribution in [2.24, 2.45) is 5.41 Å². The normalized spacial score (nSPS) is 15.2. The molecule has 0 radical (unpaired) electrons. The molecule has 1 N–H and O–H groups in total. The second-order valence-electron chi connectivity index (χ2n) is 6.60. The maximum atomic E-state index is 5.31. The number of hydrogen-bond acceptors (Lipinski definition) is 3. The third kappa shape index (κ3) is 4.50. The molecular formula is C17H30N2O. The molecule has 0 amide bonds. The standard InChI is InChI=1S/C17H30N2O/c1-13(17(2,3)4)19(6)12-16(18-5)14-9-8-10-15(11-14)20-7/h8-11,13,16,18H,12H2,1-7H3. The Bertz CT molecular complexity index is 412. The van der Waals surface area contributed by atoms with Gasteiger partial charge in [0.2, 0.25) is 0 Å². The second-order valence-corrected chi connectivity index (χ2v) is 6.60. The van der Waals surface area contributed by atoms with Crippen LogP contribution in [0.2, 0.25) is 0 Å². The number of nitrogens with one attached hydrogen (secondary N) is 1. The van der Waals surface area contributed by atoms with Crippen molar-refractivity contribution >= 4 is 0 Å². The van der Waals surface area contributed by atoms with Gasteiger partial charge in [0.15, 0.2) is 0 Å². The van der Waals surface area contributed by atoms with E-state index in [1.165, 1.54) is 5.56 Å². The van der Waals surface area contributed by atoms with E-state index in [9.17, 15) is 0 Å². The van der Waals surface area contributed by atoms with Crippen molar-refractivity contribution in [2.45, 2.75) is 39.8 Å². The lowest BCUT2D eigenvalue weighted by Crippen LogP contribution is -2.43. The molecule has 0 bridgehead atoms. The Morgan fingerprint density at radius 2 is 1.95 bits per heavy atom. The highest BCUT2D eigenvalue weighted by atomic mass is 16.5. The zero-order valence-electron chi connectivity index (χ0n) is 14.0. The van der Waals surface area contributed by atoms with Gasteiger partial charge in [0, 0.05) is 18.6 Å². The summed E-state index contributed by atoms with van der Waals surface area (Å²) in [6, 6.07) is 9.11. The van der Waals surface area contributed by atoms with Crippen LogP contribution in [0.3, 0.4) is 0 Å². The molecule has 2 atom stereocenters. The number of methoxy groups -OCH3 is 1. The Balaban J connectivity index is 2.81. The van der Waals surface area contributed by atoms with Gasteiger partial charge in [0.25, 0.3) is 0 Å². The topological polar surface area (TPSA) is 24.5 Å². The van der Waals surface area contributed by atoms with E-state index in [2.05, 4.69) is 57.1 Å². The van der Waals surface area contributed by atoms with E-state index in [-0.39, 0.29) is 5.41 Å². The first-order chi connectivity index (χ1) is 9.29. The summed E-state index contributed by atoms with van der Waals surface area (Å²) in [5.41, 5.74) is 1.54. The Labute approximate surface area is 124 Å². The average molecular weight is 278 g/mol. The van der Waals surface area contributed by atoms with E-state index in [0.717, 1.165) is 12.3 Å². The fourth-order valence-electron chi connectivity index (χ4n) is 2.33. The van der Waals surface area contributed by atoms with Crippen molar-refractivity contribution in [1.82, 2.24) is 10.2 Å². The summed E-state index contributed by atoms with van der Waals surface area (Å²) < 4.78 is 5.31. The Hall–Kier alpha value is -1.06. The third-order valence-electron chi connectivity index (χ3n) is 4.23. The number of nitrogens with zero attached hydrogens (tertiary/aromatic N) is 1. The molecule has 114 valence electrons. The average Bonchev–Trinajstić information content (AvgIpc) is 2.42. The molecule has 0 aromatic heterocycles. The molecule has 0 fully saturated rings. The minimum Gasteiger partial charge on any atom is -0.497 e. The van der Waals surface area contributed by atoms with E-state index in [0.29, 0.717) is 12.1 Å². The summed E-state index contributed by atoms with van der Waals surface area (Å²) in [7, 11) is 5.92. The van der Waals surface area contributed by atoms with Crippen molar-refractivity contribution in [1.29, 1.82) is 0 Å². The molecular weight excluding hydrogens is 248 g/mol. The van der Waals surface area contributed by atoms with Gasteiger partial charge in [-0.1, -0.05) is 32.9 Å². The van der Waals surface area contributed by atoms with E-state index in [1.807, 2.05) is 19.2 Å². The molecule has 3 nitrogen and oxygen atoms in total. The van der Waals surface area contributed by atoms with Gasteiger partial charge in [-0.2, -0.15) is 0 Å². The SMILES string of the molecule is CNC(CN(C)C(C)C(C)(C)C)c1cccc(OC)c1. The van der Waals surface area contributed by atoms with E-state index in [4.69, 9.17) is 4.74 Å². The first-order valence-corrected chi connectivity index (χ1v) is 7.31. The van der Waals surface area contributed by atoms with E-state index < -0.39 is 0 Å². The quantitative estimate of drug-likeness (QED) is 0.864. The molecule has 0 saturated carbocycles. The first-order valence-electron chi connectivity index (χ1n) is 7.31.